The van der Waals surface area contributed by atoms with Gasteiger partial charge in [0.1, 0.15) is 5.60 Å². The Bertz CT molecular complexity index is 563. The van der Waals surface area contributed by atoms with Gasteiger partial charge in [-0.15, -0.1) is 0 Å². The lowest BCUT2D eigenvalue weighted by molar-refractivity contribution is -0.136. The molecule has 0 aromatic heterocycles. The Hall–Kier alpha value is -2.38. The average molecular weight is 370 g/mol. The zero-order chi connectivity index (χ0) is 20.7. The molecular weight excluding hydrogens is 340 g/mol. The van der Waals surface area contributed by atoms with Gasteiger partial charge in [-0.3, -0.25) is 14.5 Å². The molecule has 2 N–H and O–H groups in total. The first kappa shape index (κ1) is 23.6. The topological polar surface area (TPSA) is 113 Å². The summed E-state index contributed by atoms with van der Waals surface area (Å²) in [5.41, 5.74) is -0.908. The van der Waals surface area contributed by atoms with Gasteiger partial charge in [0, 0.05) is 25.6 Å². The molecule has 26 heavy (non-hydrogen) atoms. The Kier molecular flexibility index (Phi) is 9.03. The van der Waals surface area contributed by atoms with Gasteiger partial charge in [-0.25, -0.2) is 9.59 Å². The van der Waals surface area contributed by atoms with Gasteiger partial charge >= 0.3 is 12.1 Å². The van der Waals surface area contributed by atoms with E-state index >= 15 is 0 Å². The summed E-state index contributed by atoms with van der Waals surface area (Å²) in [4.78, 5) is 48.0. The lowest BCUT2D eigenvalue weighted by atomic mass is 9.90. The van der Waals surface area contributed by atoms with Crippen LogP contribution < -0.4 is 5.32 Å². The first-order valence-corrected chi connectivity index (χ1v) is 8.45. The van der Waals surface area contributed by atoms with E-state index < -0.39 is 35.4 Å². The quantitative estimate of drug-likeness (QED) is 0.633. The summed E-state index contributed by atoms with van der Waals surface area (Å²) >= 11 is 0. The highest BCUT2D eigenvalue weighted by atomic mass is 16.6. The third kappa shape index (κ3) is 8.64. The largest absolute Gasteiger partial charge is 0.478 e. The Labute approximate surface area is 154 Å². The Morgan fingerprint density at radius 1 is 1.19 bits per heavy atom. The first-order chi connectivity index (χ1) is 11.8. The number of rotatable bonds is 8. The number of nitrogens with zero attached hydrogens (tertiary/aromatic N) is 1. The minimum Gasteiger partial charge on any atom is -0.478 e. The summed E-state index contributed by atoms with van der Waals surface area (Å²) in [5, 5.41) is 11.6. The van der Waals surface area contributed by atoms with Gasteiger partial charge in [-0.05, 0) is 33.1 Å². The van der Waals surface area contributed by atoms with Crippen molar-refractivity contribution >= 4 is 23.9 Å². The molecule has 148 valence electrons. The van der Waals surface area contributed by atoms with Crippen LogP contribution in [0.2, 0.25) is 0 Å². The Morgan fingerprint density at radius 3 is 2.15 bits per heavy atom. The van der Waals surface area contributed by atoms with Crippen molar-refractivity contribution in [2.24, 2.45) is 11.8 Å². The van der Waals surface area contributed by atoms with Crippen molar-refractivity contribution in [3.8, 4) is 0 Å². The maximum Gasteiger partial charge on any atom is 0.416 e. The summed E-state index contributed by atoms with van der Waals surface area (Å²) in [5.74, 6) is -3.02. The van der Waals surface area contributed by atoms with Gasteiger partial charge in [0.05, 0.1) is 5.92 Å². The lowest BCUT2D eigenvalue weighted by Gasteiger charge is -2.23. The molecule has 0 rings (SSSR count). The minimum absolute atomic E-state index is 0.0215. The zero-order valence-corrected chi connectivity index (χ0v) is 16.4. The van der Waals surface area contributed by atoms with Crippen LogP contribution in [-0.4, -0.2) is 53.1 Å². The van der Waals surface area contributed by atoms with Crippen molar-refractivity contribution in [1.29, 1.82) is 0 Å². The fraction of sp³-hybridized carbons (Fsp3) is 0.667. The third-order valence-electron chi connectivity index (χ3n) is 3.40. The number of nitrogens with one attached hydrogen (secondary N) is 1. The molecule has 0 bridgehead atoms. The van der Waals surface area contributed by atoms with Crippen molar-refractivity contribution in [3.05, 3.63) is 12.2 Å². The highest BCUT2D eigenvalue weighted by Crippen LogP contribution is 2.19. The summed E-state index contributed by atoms with van der Waals surface area (Å²) in [6, 6.07) is 0. The minimum atomic E-state index is -1.23. The van der Waals surface area contributed by atoms with Gasteiger partial charge in [0.25, 0.3) is 0 Å². The fourth-order valence-electron chi connectivity index (χ4n) is 2.04. The van der Waals surface area contributed by atoms with E-state index in [1.54, 1.807) is 20.8 Å². The summed E-state index contributed by atoms with van der Waals surface area (Å²) in [6.45, 7) is 12.2. The van der Waals surface area contributed by atoms with Crippen LogP contribution in [-0.2, 0) is 19.1 Å². The number of hydrogen-bond donors (Lipinski definition) is 2. The summed E-state index contributed by atoms with van der Waals surface area (Å²) in [6.07, 6.45) is -0.552. The second-order valence-electron chi connectivity index (χ2n) is 7.49. The van der Waals surface area contributed by atoms with Crippen LogP contribution in [0.1, 0.15) is 47.5 Å². The number of aliphatic carboxylic acids is 1. The van der Waals surface area contributed by atoms with Gasteiger partial charge in [-0.1, -0.05) is 20.4 Å². The van der Waals surface area contributed by atoms with Crippen molar-refractivity contribution in [3.63, 3.8) is 0 Å². The molecule has 0 aliphatic carbocycles. The van der Waals surface area contributed by atoms with Crippen LogP contribution in [0.15, 0.2) is 12.2 Å². The molecule has 8 nitrogen and oxygen atoms in total. The molecule has 0 fully saturated rings. The van der Waals surface area contributed by atoms with Crippen molar-refractivity contribution < 1.29 is 29.0 Å². The normalized spacial score (nSPS) is 12.3. The van der Waals surface area contributed by atoms with E-state index in [0.717, 1.165) is 4.90 Å². The number of hydrogen-bond acceptors (Lipinski definition) is 5. The molecule has 8 heteroatoms. The van der Waals surface area contributed by atoms with E-state index in [4.69, 9.17) is 9.84 Å². The highest BCUT2D eigenvalue weighted by Gasteiger charge is 2.27. The molecule has 0 aliphatic rings. The standard InChI is InChI=1S/C18H30N2O6/c1-11(2)10-13(12(3)16(23)24)15(22)19-9-8-14(21)20(7)17(25)26-18(4,5)6/h11,13H,3,8-10H2,1-2,4-7H3,(H,19,22)(H,23,24)/t13-/m1/s1. The molecule has 0 spiro atoms. The molecule has 0 radical (unpaired) electrons. The molecule has 0 heterocycles. The number of carbonyl (C=O) groups is 4. The Morgan fingerprint density at radius 2 is 1.73 bits per heavy atom. The summed E-state index contributed by atoms with van der Waals surface area (Å²) in [7, 11) is 1.30. The van der Waals surface area contributed by atoms with Gasteiger partial charge in [0.15, 0.2) is 0 Å². The number of carboxylic acid groups (broad SMARTS) is 1. The SMILES string of the molecule is C=C(C(=O)O)[C@@H](CC(C)C)C(=O)NCCC(=O)N(C)C(=O)OC(C)(C)C. The highest BCUT2D eigenvalue weighted by molar-refractivity contribution is 5.96. The predicted octanol–water partition coefficient (Wildman–Crippen LogP) is 2.19. The number of carboxylic acids is 1. The molecule has 3 amide bonds. The number of amides is 3. The molecule has 0 aromatic carbocycles. The van der Waals surface area contributed by atoms with E-state index in [1.165, 1.54) is 7.05 Å². The maximum absolute atomic E-state index is 12.2. The fourth-order valence-corrected chi connectivity index (χ4v) is 2.04. The molecule has 0 saturated carbocycles. The second kappa shape index (κ2) is 9.94. The van der Waals surface area contributed by atoms with E-state index in [9.17, 15) is 19.2 Å². The van der Waals surface area contributed by atoms with Gasteiger partial charge < -0.3 is 15.2 Å². The van der Waals surface area contributed by atoms with E-state index in [0.29, 0.717) is 6.42 Å². The summed E-state index contributed by atoms with van der Waals surface area (Å²) < 4.78 is 5.09. The molecule has 0 aliphatic heterocycles. The van der Waals surface area contributed by atoms with Crippen LogP contribution >= 0.6 is 0 Å². The van der Waals surface area contributed by atoms with E-state index in [2.05, 4.69) is 11.9 Å². The molecule has 0 aromatic rings. The van der Waals surface area contributed by atoms with E-state index in [1.807, 2.05) is 13.8 Å². The van der Waals surface area contributed by atoms with Crippen LogP contribution in [0.5, 0.6) is 0 Å². The number of ether oxygens (including phenoxy) is 1. The smallest absolute Gasteiger partial charge is 0.416 e. The van der Waals surface area contributed by atoms with Crippen LogP contribution in [0.25, 0.3) is 0 Å². The first-order valence-electron chi connectivity index (χ1n) is 8.45. The molecule has 0 unspecified atom stereocenters. The van der Waals surface area contributed by atoms with Crippen LogP contribution in [0.3, 0.4) is 0 Å². The molecule has 0 saturated heterocycles. The third-order valence-corrected chi connectivity index (χ3v) is 3.40. The molecule has 1 atom stereocenters. The van der Waals surface area contributed by atoms with Crippen molar-refractivity contribution in [2.45, 2.75) is 53.1 Å². The number of carbonyl (C=O) groups excluding carboxylic acids is 3. The monoisotopic (exact) mass is 370 g/mol. The predicted molar refractivity (Wildman–Crippen MR) is 96.4 cm³/mol. The second-order valence-corrected chi connectivity index (χ2v) is 7.49. The zero-order valence-electron chi connectivity index (χ0n) is 16.4. The lowest BCUT2D eigenvalue weighted by Crippen LogP contribution is -2.40. The Balaban J connectivity index is 4.65. The van der Waals surface area contributed by atoms with Crippen LogP contribution in [0, 0.1) is 11.8 Å². The van der Waals surface area contributed by atoms with Crippen LogP contribution in [0.4, 0.5) is 4.79 Å². The van der Waals surface area contributed by atoms with Crippen molar-refractivity contribution in [2.75, 3.05) is 13.6 Å². The van der Waals surface area contributed by atoms with Gasteiger partial charge in [-0.2, -0.15) is 0 Å². The van der Waals surface area contributed by atoms with Crippen molar-refractivity contribution in [1.82, 2.24) is 10.2 Å². The average Bonchev–Trinajstić information content (AvgIpc) is 2.48. The maximum atomic E-state index is 12.2. The molecular formula is C18H30N2O6. The van der Waals surface area contributed by atoms with E-state index in [-0.39, 0.29) is 24.5 Å². The van der Waals surface area contributed by atoms with Gasteiger partial charge in [0.2, 0.25) is 11.8 Å². The number of imide groups is 1.